The minimum Gasteiger partial charge on any atom is -0.484 e. The van der Waals surface area contributed by atoms with Crippen LogP contribution in [-0.2, 0) is 13.2 Å². The van der Waals surface area contributed by atoms with E-state index in [1.807, 2.05) is 65.1 Å². The number of para-hydroxylation sites is 1. The van der Waals surface area contributed by atoms with Gasteiger partial charge in [0.15, 0.2) is 5.75 Å². The monoisotopic (exact) mass is 268 g/mol. The Kier molecular flexibility index (Phi) is 3.50. The van der Waals surface area contributed by atoms with E-state index < -0.39 is 0 Å². The highest BCUT2D eigenvalue weighted by Gasteiger charge is 2.03. The minimum absolute atomic E-state index is 0.440. The van der Waals surface area contributed by atoms with E-state index in [0.717, 1.165) is 23.7 Å². The van der Waals surface area contributed by atoms with Crippen LogP contribution in [0.15, 0.2) is 55.0 Å². The average Bonchev–Trinajstić information content (AvgIpc) is 3.15. The molecule has 0 N–H and O–H groups in total. The average molecular weight is 268 g/mol. The summed E-state index contributed by atoms with van der Waals surface area (Å²) in [5.74, 6) is 0.765. The minimum atomic E-state index is 0.440. The van der Waals surface area contributed by atoms with Gasteiger partial charge in [-0.1, -0.05) is 18.2 Å². The first-order valence-corrected chi connectivity index (χ1v) is 6.60. The summed E-state index contributed by atoms with van der Waals surface area (Å²) in [5.41, 5.74) is 1.93. The summed E-state index contributed by atoms with van der Waals surface area (Å²) >= 11 is 0. The molecule has 0 amide bonds. The summed E-state index contributed by atoms with van der Waals surface area (Å²) in [5, 5.41) is 8.65. The lowest BCUT2D eigenvalue weighted by Gasteiger charge is -2.01. The van der Waals surface area contributed by atoms with Gasteiger partial charge in [0.05, 0.1) is 18.1 Å². The molecule has 2 heterocycles. The van der Waals surface area contributed by atoms with Crippen molar-refractivity contribution in [3.63, 3.8) is 0 Å². The molecule has 102 valence electrons. The number of hydrogen-bond donors (Lipinski definition) is 0. The molecule has 5 heteroatoms. The second kappa shape index (κ2) is 5.61. The van der Waals surface area contributed by atoms with Crippen LogP contribution in [0.4, 0.5) is 0 Å². The lowest BCUT2D eigenvalue weighted by molar-refractivity contribution is 0.300. The third-order valence-electron chi connectivity index (χ3n) is 2.99. The molecule has 0 radical (unpaired) electrons. The molecule has 0 atom stereocenters. The van der Waals surface area contributed by atoms with Gasteiger partial charge in [0.2, 0.25) is 0 Å². The number of aryl methyl sites for hydroxylation is 1. The molecule has 0 aliphatic heterocycles. The molecule has 0 aliphatic rings. The summed E-state index contributed by atoms with van der Waals surface area (Å²) in [6.45, 7) is 3.32. The van der Waals surface area contributed by atoms with Crippen molar-refractivity contribution < 1.29 is 4.74 Å². The van der Waals surface area contributed by atoms with Gasteiger partial charge in [0.1, 0.15) is 12.3 Å². The van der Waals surface area contributed by atoms with Gasteiger partial charge in [0, 0.05) is 12.7 Å². The van der Waals surface area contributed by atoms with Gasteiger partial charge in [0.25, 0.3) is 0 Å². The summed E-state index contributed by atoms with van der Waals surface area (Å²) in [7, 11) is 0. The van der Waals surface area contributed by atoms with Crippen molar-refractivity contribution in [2.24, 2.45) is 0 Å². The largest absolute Gasteiger partial charge is 0.484 e. The zero-order valence-electron chi connectivity index (χ0n) is 11.3. The molecule has 0 bridgehead atoms. The van der Waals surface area contributed by atoms with Crippen LogP contribution < -0.4 is 4.74 Å². The number of nitrogens with zero attached hydrogens (tertiary/aromatic N) is 4. The molecule has 5 nitrogen and oxygen atoms in total. The molecule has 0 spiro atoms. The Morgan fingerprint density at radius 3 is 2.75 bits per heavy atom. The van der Waals surface area contributed by atoms with Gasteiger partial charge in [-0.05, 0) is 25.1 Å². The van der Waals surface area contributed by atoms with E-state index >= 15 is 0 Å². The molecule has 1 aromatic carbocycles. The maximum Gasteiger partial charge on any atom is 0.157 e. The number of ether oxygens (including phenoxy) is 1. The number of aromatic nitrogens is 4. The highest BCUT2D eigenvalue weighted by Crippen LogP contribution is 2.12. The standard InChI is InChI=1S/C15H16N4O/c1-2-18-11-15(10-16-18)20-12-13-8-9-19(17-13)14-6-4-3-5-7-14/h3-11H,2,12H2,1H3. The fourth-order valence-electron chi connectivity index (χ4n) is 1.91. The summed E-state index contributed by atoms with van der Waals surface area (Å²) in [6, 6.07) is 12.0. The highest BCUT2D eigenvalue weighted by atomic mass is 16.5. The third-order valence-corrected chi connectivity index (χ3v) is 2.99. The van der Waals surface area contributed by atoms with Crippen LogP contribution in [0.2, 0.25) is 0 Å². The van der Waals surface area contributed by atoms with Gasteiger partial charge in [-0.3, -0.25) is 4.68 Å². The first-order chi connectivity index (χ1) is 9.85. The van der Waals surface area contributed by atoms with Crippen LogP contribution in [-0.4, -0.2) is 19.6 Å². The van der Waals surface area contributed by atoms with Crippen molar-refractivity contribution in [1.29, 1.82) is 0 Å². The normalized spacial score (nSPS) is 10.7. The topological polar surface area (TPSA) is 44.9 Å². The van der Waals surface area contributed by atoms with Crippen molar-refractivity contribution >= 4 is 0 Å². The highest BCUT2D eigenvalue weighted by molar-refractivity contribution is 5.30. The third kappa shape index (κ3) is 2.71. The van der Waals surface area contributed by atoms with Crippen LogP contribution in [0.25, 0.3) is 5.69 Å². The number of benzene rings is 1. The van der Waals surface area contributed by atoms with Crippen molar-refractivity contribution in [3.8, 4) is 11.4 Å². The molecule has 3 rings (SSSR count). The zero-order valence-corrected chi connectivity index (χ0v) is 11.3. The van der Waals surface area contributed by atoms with Crippen LogP contribution in [0.1, 0.15) is 12.6 Å². The molecule has 2 aromatic heterocycles. The van der Waals surface area contributed by atoms with Crippen molar-refractivity contribution in [1.82, 2.24) is 19.6 Å². The van der Waals surface area contributed by atoms with Gasteiger partial charge in [-0.15, -0.1) is 0 Å². The van der Waals surface area contributed by atoms with Gasteiger partial charge in [-0.25, -0.2) is 4.68 Å². The van der Waals surface area contributed by atoms with E-state index in [1.54, 1.807) is 6.20 Å². The Morgan fingerprint density at radius 2 is 2.00 bits per heavy atom. The molecular formula is C15H16N4O. The van der Waals surface area contributed by atoms with Crippen LogP contribution in [0.5, 0.6) is 5.75 Å². The predicted octanol–water partition coefficient (Wildman–Crippen LogP) is 2.67. The lowest BCUT2D eigenvalue weighted by atomic mass is 10.3. The molecule has 0 aliphatic carbocycles. The predicted molar refractivity (Wildman–Crippen MR) is 75.8 cm³/mol. The first kappa shape index (κ1) is 12.5. The summed E-state index contributed by atoms with van der Waals surface area (Å²) < 4.78 is 9.34. The molecular weight excluding hydrogens is 252 g/mol. The van der Waals surface area contributed by atoms with Crippen LogP contribution in [0.3, 0.4) is 0 Å². The molecule has 0 saturated heterocycles. The second-order valence-corrected chi connectivity index (χ2v) is 4.41. The van der Waals surface area contributed by atoms with E-state index in [1.165, 1.54) is 0 Å². The fraction of sp³-hybridized carbons (Fsp3) is 0.200. The van der Waals surface area contributed by atoms with E-state index in [0.29, 0.717) is 6.61 Å². The quantitative estimate of drug-likeness (QED) is 0.714. The van der Waals surface area contributed by atoms with E-state index in [4.69, 9.17) is 4.74 Å². The SMILES string of the molecule is CCn1cc(OCc2ccn(-c3ccccc3)n2)cn1. The van der Waals surface area contributed by atoms with Crippen molar-refractivity contribution in [3.05, 3.63) is 60.7 Å². The van der Waals surface area contributed by atoms with Gasteiger partial charge in [-0.2, -0.15) is 10.2 Å². The van der Waals surface area contributed by atoms with Gasteiger partial charge < -0.3 is 4.74 Å². The fourth-order valence-corrected chi connectivity index (χ4v) is 1.91. The van der Waals surface area contributed by atoms with E-state index in [9.17, 15) is 0 Å². The molecule has 3 aromatic rings. The van der Waals surface area contributed by atoms with Crippen molar-refractivity contribution in [2.75, 3.05) is 0 Å². The molecule has 0 fully saturated rings. The van der Waals surface area contributed by atoms with E-state index in [-0.39, 0.29) is 0 Å². The zero-order chi connectivity index (χ0) is 13.8. The Labute approximate surface area is 117 Å². The number of rotatable bonds is 5. The Bertz CT molecular complexity index is 672. The number of hydrogen-bond acceptors (Lipinski definition) is 3. The summed E-state index contributed by atoms with van der Waals surface area (Å²) in [6.07, 6.45) is 5.54. The Balaban J connectivity index is 1.65. The van der Waals surface area contributed by atoms with Crippen LogP contribution in [0, 0.1) is 0 Å². The Morgan fingerprint density at radius 1 is 1.15 bits per heavy atom. The maximum absolute atomic E-state index is 5.66. The smallest absolute Gasteiger partial charge is 0.157 e. The molecule has 0 unspecified atom stereocenters. The lowest BCUT2D eigenvalue weighted by Crippen LogP contribution is -1.99. The molecule has 0 saturated carbocycles. The van der Waals surface area contributed by atoms with Gasteiger partial charge >= 0.3 is 0 Å². The Hall–Kier alpha value is -2.56. The second-order valence-electron chi connectivity index (χ2n) is 4.41. The summed E-state index contributed by atoms with van der Waals surface area (Å²) in [4.78, 5) is 0. The first-order valence-electron chi connectivity index (χ1n) is 6.60. The van der Waals surface area contributed by atoms with E-state index in [2.05, 4.69) is 10.2 Å². The molecule has 20 heavy (non-hydrogen) atoms. The maximum atomic E-state index is 5.66. The van der Waals surface area contributed by atoms with Crippen molar-refractivity contribution in [2.45, 2.75) is 20.1 Å². The van der Waals surface area contributed by atoms with Crippen LogP contribution >= 0.6 is 0 Å².